The molecule has 11 heteroatoms. The van der Waals surface area contributed by atoms with Crippen LogP contribution in [-0.2, 0) is 20.1 Å². The molecule has 0 spiro atoms. The smallest absolute Gasteiger partial charge is 0.163 e. The zero-order valence-corrected chi connectivity index (χ0v) is 48.0. The summed E-state index contributed by atoms with van der Waals surface area (Å²) < 4.78 is 6.38. The van der Waals surface area contributed by atoms with Gasteiger partial charge in [-0.2, -0.15) is 16.6 Å². The normalized spacial score (nSPS) is 10.9. The van der Waals surface area contributed by atoms with E-state index < -0.39 is 0 Å². The first kappa shape index (κ1) is 57.3. The van der Waals surface area contributed by atoms with Gasteiger partial charge in [0.05, 0.1) is 41.6 Å². The molecule has 0 aliphatic rings. The minimum atomic E-state index is 0. The Labute approximate surface area is 464 Å². The molecule has 0 aliphatic heterocycles. The van der Waals surface area contributed by atoms with E-state index in [1.807, 2.05) is 43.1 Å². The van der Waals surface area contributed by atoms with Crippen molar-refractivity contribution >= 4 is 5.69 Å². The predicted octanol–water partition coefficient (Wildman–Crippen LogP) is 16.6. The van der Waals surface area contributed by atoms with Crippen molar-refractivity contribution in [2.75, 3.05) is 0 Å². The molecule has 0 amide bonds. The van der Waals surface area contributed by atoms with Crippen molar-refractivity contribution < 1.29 is 20.1 Å². The minimum absolute atomic E-state index is 0. The van der Waals surface area contributed by atoms with Gasteiger partial charge in [-0.1, -0.05) is 138 Å². The molecule has 0 fully saturated rings. The van der Waals surface area contributed by atoms with Gasteiger partial charge in [0.15, 0.2) is 5.82 Å². The van der Waals surface area contributed by atoms with E-state index in [0.29, 0.717) is 58.0 Å². The quantitative estimate of drug-likeness (QED) is 0.112. The molecule has 0 bridgehead atoms. The molecule has 10 nitrogen and oxygen atoms in total. The van der Waals surface area contributed by atoms with Crippen LogP contribution < -0.4 is 0 Å². The molecular weight excluding hydrogens is 1110 g/mol. The van der Waals surface area contributed by atoms with E-state index in [4.69, 9.17) is 6.57 Å². The van der Waals surface area contributed by atoms with E-state index >= 15 is 0 Å². The van der Waals surface area contributed by atoms with Gasteiger partial charge in [0.25, 0.3) is 0 Å². The summed E-state index contributed by atoms with van der Waals surface area (Å²) in [6, 6.07) is 44.6. The van der Waals surface area contributed by atoms with Crippen LogP contribution in [0.5, 0.6) is 0 Å². The maximum atomic E-state index is 9.19. The Balaban J connectivity index is 0.000000184. The summed E-state index contributed by atoms with van der Waals surface area (Å²) in [7, 11) is 0. The summed E-state index contributed by atoms with van der Waals surface area (Å²) in [5.74, 6) is 4.78. The van der Waals surface area contributed by atoms with Crippen molar-refractivity contribution in [2.45, 2.75) is 119 Å². The van der Waals surface area contributed by atoms with Crippen LogP contribution in [0, 0.1) is 41.4 Å². The van der Waals surface area contributed by atoms with Gasteiger partial charge in [-0.25, -0.2) is 4.98 Å². The van der Waals surface area contributed by atoms with Crippen molar-refractivity contribution in [1.82, 2.24) is 33.6 Å². The molecule has 0 saturated heterocycles. The van der Waals surface area contributed by atoms with Gasteiger partial charge >= 0.3 is 0 Å². The molecular formula is C65H66IrN10-2. The third-order valence-corrected chi connectivity index (χ3v) is 13.1. The summed E-state index contributed by atoms with van der Waals surface area (Å²) in [4.78, 5) is 21.6. The van der Waals surface area contributed by atoms with Crippen LogP contribution in [0.1, 0.15) is 163 Å². The van der Waals surface area contributed by atoms with Crippen molar-refractivity contribution in [3.05, 3.63) is 215 Å². The van der Waals surface area contributed by atoms with Crippen LogP contribution in [0.25, 0.3) is 56.2 Å². The number of nitrogens with zero attached hydrogens (tertiary/aromatic N) is 10. The maximum Gasteiger partial charge on any atom is 0.163 e. The van der Waals surface area contributed by atoms with E-state index in [9.17, 15) is 10.5 Å². The number of nitriles is 2. The zero-order valence-electron chi connectivity index (χ0n) is 45.6. The zero-order chi connectivity index (χ0) is 53.9. The molecule has 4 aromatic heterocycles. The molecule has 0 N–H and O–H groups in total. The number of rotatable bonds is 12. The summed E-state index contributed by atoms with van der Waals surface area (Å²) >= 11 is 0. The van der Waals surface area contributed by atoms with Crippen molar-refractivity contribution in [1.29, 1.82) is 10.5 Å². The number of aromatic nitrogens is 7. The van der Waals surface area contributed by atoms with Gasteiger partial charge in [-0.3, -0.25) is 24.4 Å². The van der Waals surface area contributed by atoms with Gasteiger partial charge in [0.1, 0.15) is 11.4 Å². The second-order valence-electron chi connectivity index (χ2n) is 20.4. The largest absolute Gasteiger partial charge is 0.340 e. The first-order valence-electron chi connectivity index (χ1n) is 25.8. The van der Waals surface area contributed by atoms with Crippen LogP contribution in [-0.4, -0.2) is 33.6 Å². The average molecular weight is 1180 g/mol. The van der Waals surface area contributed by atoms with Crippen LogP contribution in [0.2, 0.25) is 0 Å². The molecule has 76 heavy (non-hydrogen) atoms. The predicted molar refractivity (Wildman–Crippen MR) is 303 cm³/mol. The molecule has 9 rings (SSSR count). The van der Waals surface area contributed by atoms with Gasteiger partial charge in [-0.15, -0.1) is 53.6 Å². The Bertz CT molecular complexity index is 3080. The standard InChI is InChI=1S/2C22H22N3.C21H22N4.Ir/c1-15(2)19-10-7-11-20(16(3)4)21(19)25-13-12-24-22(25)17-8-6-9-18(14-17)23-5;1-15(2)19-9-6-10-20(16(3)4)21(19)25-12-11-24-22(25)18-8-5-7-17(13-18)14-23;1-14(2)17-6-5-7-18(15(3)4)20(17)25-11-10-24-21(25)19-12-16(13-22)8-9-23-19;/h6-7,9-16H,1-4H3;5-7,9-13,15-16H,1-4H3;5-12,14-15H,1-4H3;/q2*-1;;. The van der Waals surface area contributed by atoms with Gasteiger partial charge in [-0.05, 0) is 86.6 Å². The van der Waals surface area contributed by atoms with Crippen LogP contribution in [0.15, 0.2) is 147 Å². The van der Waals surface area contributed by atoms with Crippen molar-refractivity contribution in [3.8, 4) is 63.5 Å². The Kier molecular flexibility index (Phi) is 19.6. The average Bonchev–Trinajstić information content (AvgIpc) is 4.24. The Morgan fingerprint density at radius 3 is 1.18 bits per heavy atom. The maximum absolute atomic E-state index is 9.19. The molecule has 387 valence electrons. The number of pyridine rings is 1. The first-order chi connectivity index (χ1) is 36.1. The van der Waals surface area contributed by atoms with E-state index in [2.05, 4.69) is 200 Å². The van der Waals surface area contributed by atoms with Crippen LogP contribution >= 0.6 is 0 Å². The number of hydrogen-bond acceptors (Lipinski definition) is 6. The summed E-state index contributed by atoms with van der Waals surface area (Å²) in [6.45, 7) is 33.8. The Morgan fingerprint density at radius 2 is 0.803 bits per heavy atom. The second-order valence-corrected chi connectivity index (χ2v) is 20.4. The molecule has 5 aromatic carbocycles. The van der Waals surface area contributed by atoms with E-state index in [-0.39, 0.29) is 20.1 Å². The van der Waals surface area contributed by atoms with Gasteiger partial charge < -0.3 is 9.13 Å². The molecule has 0 aliphatic carbocycles. The van der Waals surface area contributed by atoms with Gasteiger partial charge in [0.2, 0.25) is 0 Å². The van der Waals surface area contributed by atoms with E-state index in [0.717, 1.165) is 28.6 Å². The van der Waals surface area contributed by atoms with E-state index in [1.165, 1.54) is 50.4 Å². The topological polar surface area (TPSA) is 118 Å². The molecule has 0 atom stereocenters. The van der Waals surface area contributed by atoms with Crippen LogP contribution in [0.4, 0.5) is 5.69 Å². The second kappa shape index (κ2) is 26.0. The molecule has 4 heterocycles. The number of benzene rings is 5. The number of hydrogen-bond donors (Lipinski definition) is 0. The third kappa shape index (κ3) is 12.7. The molecule has 0 unspecified atom stereocenters. The van der Waals surface area contributed by atoms with Crippen molar-refractivity contribution in [3.63, 3.8) is 0 Å². The molecule has 9 aromatic rings. The summed E-state index contributed by atoms with van der Waals surface area (Å²) in [6.07, 6.45) is 13.0. The fourth-order valence-corrected chi connectivity index (χ4v) is 9.35. The Morgan fingerprint density at radius 1 is 0.447 bits per heavy atom. The van der Waals surface area contributed by atoms with Crippen LogP contribution in [0.3, 0.4) is 0 Å². The monoisotopic (exact) mass is 1180 g/mol. The fourth-order valence-electron chi connectivity index (χ4n) is 9.35. The molecule has 1 radical (unpaired) electrons. The molecule has 0 saturated carbocycles. The van der Waals surface area contributed by atoms with Gasteiger partial charge in [0, 0.05) is 74.9 Å². The third-order valence-electron chi connectivity index (χ3n) is 13.1. The Hall–Kier alpha value is -8.00. The fraction of sp³-hybridized carbons (Fsp3) is 0.277. The summed E-state index contributed by atoms with van der Waals surface area (Å²) in [5.41, 5.74) is 15.5. The van der Waals surface area contributed by atoms with Crippen molar-refractivity contribution in [2.24, 2.45) is 0 Å². The SMILES string of the molecule is CC(C)c1cccc(C(C)C)c1-n1ccnc1-c1[c-]ccc(C#N)c1.CC(C)c1cccc(C(C)C)c1-n1ccnc1-c1cc(C#N)ccn1.[C-]#[N+]c1cc[c-]c(-c2nccn2-c2c(C(C)C)cccc2C(C)C)c1.[Ir]. The number of imidazole rings is 3. The first-order valence-corrected chi connectivity index (χ1v) is 25.8. The summed E-state index contributed by atoms with van der Waals surface area (Å²) in [5, 5.41) is 18.4. The van der Waals surface area contributed by atoms with E-state index in [1.54, 1.807) is 48.8 Å². The minimum Gasteiger partial charge on any atom is -0.340 e. The number of para-hydroxylation sites is 3.